The summed E-state index contributed by atoms with van der Waals surface area (Å²) in [7, 11) is 0.644. The Kier molecular flexibility index (Phi) is 5.24. The van der Waals surface area contributed by atoms with Crippen molar-refractivity contribution in [2.75, 3.05) is 33.1 Å². The van der Waals surface area contributed by atoms with Crippen molar-refractivity contribution < 1.29 is 27.4 Å². The van der Waals surface area contributed by atoms with Gasteiger partial charge in [0, 0.05) is 14.1 Å². The van der Waals surface area contributed by atoms with E-state index in [2.05, 4.69) is 5.32 Å². The van der Waals surface area contributed by atoms with Gasteiger partial charge in [-0.3, -0.25) is 4.79 Å². The van der Waals surface area contributed by atoms with Crippen LogP contribution in [0.3, 0.4) is 0 Å². The second kappa shape index (κ2) is 7.45. The van der Waals surface area contributed by atoms with Crippen LogP contribution in [0.1, 0.15) is 0 Å². The predicted octanol–water partition coefficient (Wildman–Crippen LogP) is 1.72. The Hall–Kier alpha value is -2.78. The van der Waals surface area contributed by atoms with E-state index >= 15 is 0 Å². The molecule has 0 unspecified atom stereocenters. The molecule has 0 aliphatic carbocycles. The van der Waals surface area contributed by atoms with Crippen molar-refractivity contribution in [1.29, 1.82) is 0 Å². The summed E-state index contributed by atoms with van der Waals surface area (Å²) in [6, 6.07) is 11.3. The molecule has 1 amide bonds. The third-order valence-corrected chi connectivity index (χ3v) is 5.82. The topological polar surface area (TPSA) is 94.2 Å². The summed E-state index contributed by atoms with van der Waals surface area (Å²) in [4.78, 5) is 12.6. The van der Waals surface area contributed by atoms with Crippen LogP contribution >= 0.6 is 0 Å². The van der Waals surface area contributed by atoms with Crippen molar-refractivity contribution in [1.82, 2.24) is 4.31 Å². The normalized spacial score (nSPS) is 16.1. The lowest BCUT2D eigenvalue weighted by Gasteiger charge is -2.25. The summed E-state index contributed by atoms with van der Waals surface area (Å²) >= 11 is 0. The van der Waals surface area contributed by atoms with E-state index in [0.717, 1.165) is 4.31 Å². The van der Waals surface area contributed by atoms with E-state index in [1.165, 1.54) is 39.4 Å². The molecule has 0 saturated carbocycles. The molecule has 0 saturated heterocycles. The fourth-order valence-electron chi connectivity index (χ4n) is 2.52. The zero-order valence-corrected chi connectivity index (χ0v) is 15.9. The average molecular weight is 392 g/mol. The number of methoxy groups -OCH3 is 1. The second-order valence-corrected chi connectivity index (χ2v) is 8.15. The molecule has 0 radical (unpaired) electrons. The maximum atomic E-state index is 12.6. The van der Waals surface area contributed by atoms with Crippen LogP contribution in [0.5, 0.6) is 17.2 Å². The van der Waals surface area contributed by atoms with E-state index in [1.807, 2.05) is 6.07 Å². The van der Waals surface area contributed by atoms with Crippen LogP contribution in [0.4, 0.5) is 5.69 Å². The zero-order chi connectivity index (χ0) is 19.6. The van der Waals surface area contributed by atoms with Crippen LogP contribution in [-0.2, 0) is 14.8 Å². The Morgan fingerprint density at radius 1 is 1.19 bits per heavy atom. The van der Waals surface area contributed by atoms with Gasteiger partial charge in [-0.1, -0.05) is 12.1 Å². The summed E-state index contributed by atoms with van der Waals surface area (Å²) in [5, 5.41) is 2.66. The van der Waals surface area contributed by atoms with Crippen LogP contribution in [0.25, 0.3) is 0 Å². The van der Waals surface area contributed by atoms with Crippen molar-refractivity contribution >= 4 is 21.6 Å². The van der Waals surface area contributed by atoms with Crippen molar-refractivity contribution in [2.45, 2.75) is 11.0 Å². The number of ether oxygens (including phenoxy) is 3. The standard InChI is InChI=1S/C18H20N2O6S/c1-20(2)27(22,23)12-8-9-14(24-3)13(10-12)19-18(21)17-11-25-15-6-4-5-7-16(15)26-17/h4-10,17H,11H2,1-3H3,(H,19,21)/t17-/m1/s1. The van der Waals surface area contributed by atoms with Crippen molar-refractivity contribution in [3.8, 4) is 17.2 Å². The van der Waals surface area contributed by atoms with Gasteiger partial charge in [0.2, 0.25) is 16.1 Å². The molecule has 0 spiro atoms. The van der Waals surface area contributed by atoms with E-state index < -0.39 is 22.0 Å². The minimum atomic E-state index is -3.65. The van der Waals surface area contributed by atoms with Gasteiger partial charge in [-0.15, -0.1) is 0 Å². The smallest absolute Gasteiger partial charge is 0.269 e. The summed E-state index contributed by atoms with van der Waals surface area (Å²) < 4.78 is 42.2. The van der Waals surface area contributed by atoms with Crippen LogP contribution in [0, 0.1) is 0 Å². The molecule has 8 nitrogen and oxygen atoms in total. The number of nitrogens with one attached hydrogen (secondary N) is 1. The van der Waals surface area contributed by atoms with Crippen molar-refractivity contribution in [3.05, 3.63) is 42.5 Å². The van der Waals surface area contributed by atoms with E-state index in [9.17, 15) is 13.2 Å². The van der Waals surface area contributed by atoms with E-state index in [-0.39, 0.29) is 17.2 Å². The zero-order valence-electron chi connectivity index (χ0n) is 15.1. The van der Waals surface area contributed by atoms with Gasteiger partial charge in [0.1, 0.15) is 12.4 Å². The Morgan fingerprint density at radius 2 is 1.89 bits per heavy atom. The molecule has 3 rings (SSSR count). The number of carbonyl (C=O) groups is 1. The molecule has 0 fully saturated rings. The van der Waals surface area contributed by atoms with Gasteiger partial charge in [0.05, 0.1) is 17.7 Å². The largest absolute Gasteiger partial charge is 0.495 e. The third kappa shape index (κ3) is 3.83. The second-order valence-electron chi connectivity index (χ2n) is 6.00. The first-order chi connectivity index (χ1) is 12.8. The first-order valence-corrected chi connectivity index (χ1v) is 9.57. The molecule has 2 aromatic carbocycles. The molecule has 0 aromatic heterocycles. The van der Waals surface area contributed by atoms with E-state index in [4.69, 9.17) is 14.2 Å². The molecular weight excluding hydrogens is 372 g/mol. The number of carbonyl (C=O) groups excluding carboxylic acids is 1. The molecule has 144 valence electrons. The lowest BCUT2D eigenvalue weighted by Crippen LogP contribution is -2.40. The number of para-hydroxylation sites is 2. The van der Waals surface area contributed by atoms with E-state index in [1.54, 1.807) is 18.2 Å². The number of rotatable bonds is 5. The molecular formula is C18H20N2O6S. The number of sulfonamides is 1. The summed E-state index contributed by atoms with van der Waals surface area (Å²) in [6.07, 6.45) is -0.876. The molecule has 1 N–H and O–H groups in total. The Balaban J connectivity index is 1.83. The van der Waals surface area contributed by atoms with Gasteiger partial charge < -0.3 is 19.5 Å². The van der Waals surface area contributed by atoms with Crippen molar-refractivity contribution in [3.63, 3.8) is 0 Å². The third-order valence-electron chi connectivity index (χ3n) is 4.01. The molecule has 2 aromatic rings. The highest BCUT2D eigenvalue weighted by Crippen LogP contribution is 2.32. The highest BCUT2D eigenvalue weighted by atomic mass is 32.2. The molecule has 1 atom stereocenters. The summed E-state index contributed by atoms with van der Waals surface area (Å²) in [6.45, 7) is 0.0425. The average Bonchev–Trinajstić information content (AvgIpc) is 2.67. The van der Waals surface area contributed by atoms with Gasteiger partial charge in [0.15, 0.2) is 11.5 Å². The number of hydrogen-bond acceptors (Lipinski definition) is 6. The van der Waals surface area contributed by atoms with Gasteiger partial charge >= 0.3 is 0 Å². The predicted molar refractivity (Wildman–Crippen MR) is 98.8 cm³/mol. The fraction of sp³-hybridized carbons (Fsp3) is 0.278. The lowest BCUT2D eigenvalue weighted by atomic mass is 10.2. The van der Waals surface area contributed by atoms with Gasteiger partial charge in [0.25, 0.3) is 5.91 Å². The SMILES string of the molecule is COc1ccc(S(=O)(=O)N(C)C)cc1NC(=O)[C@H]1COc2ccccc2O1. The molecule has 1 aliphatic heterocycles. The summed E-state index contributed by atoms with van der Waals surface area (Å²) in [5.41, 5.74) is 0.230. The van der Waals surface area contributed by atoms with E-state index in [0.29, 0.717) is 17.2 Å². The first kappa shape index (κ1) is 19.0. The number of nitrogens with zero attached hydrogens (tertiary/aromatic N) is 1. The molecule has 1 aliphatic rings. The van der Waals surface area contributed by atoms with Crippen molar-refractivity contribution in [2.24, 2.45) is 0 Å². The Morgan fingerprint density at radius 3 is 2.56 bits per heavy atom. The molecule has 9 heteroatoms. The molecule has 1 heterocycles. The van der Waals surface area contributed by atoms with Crippen LogP contribution in [0.15, 0.2) is 47.4 Å². The number of hydrogen-bond donors (Lipinski definition) is 1. The van der Waals surface area contributed by atoms with Crippen LogP contribution in [0.2, 0.25) is 0 Å². The minimum Gasteiger partial charge on any atom is -0.495 e. The molecule has 27 heavy (non-hydrogen) atoms. The number of benzene rings is 2. The minimum absolute atomic E-state index is 0.0368. The highest BCUT2D eigenvalue weighted by Gasteiger charge is 2.28. The van der Waals surface area contributed by atoms with Gasteiger partial charge in [-0.25, -0.2) is 12.7 Å². The monoisotopic (exact) mass is 392 g/mol. The maximum absolute atomic E-state index is 12.6. The quantitative estimate of drug-likeness (QED) is 0.833. The lowest BCUT2D eigenvalue weighted by molar-refractivity contribution is -0.125. The Bertz CT molecular complexity index is 958. The van der Waals surface area contributed by atoms with Crippen LogP contribution in [-0.4, -0.2) is 52.5 Å². The number of amides is 1. The number of fused-ring (bicyclic) bond motifs is 1. The highest BCUT2D eigenvalue weighted by molar-refractivity contribution is 7.89. The van der Waals surface area contributed by atoms with Gasteiger partial charge in [-0.2, -0.15) is 0 Å². The number of anilines is 1. The van der Waals surface area contributed by atoms with Gasteiger partial charge in [-0.05, 0) is 30.3 Å². The molecule has 0 bridgehead atoms. The Labute approximate surface area is 157 Å². The van der Waals surface area contributed by atoms with Crippen LogP contribution < -0.4 is 19.5 Å². The summed E-state index contributed by atoms with van der Waals surface area (Å²) in [5.74, 6) is 0.901. The fourth-order valence-corrected chi connectivity index (χ4v) is 3.45. The maximum Gasteiger partial charge on any atom is 0.269 e. The first-order valence-electron chi connectivity index (χ1n) is 8.13.